The molecule has 6 nitrogen and oxygen atoms in total. The summed E-state index contributed by atoms with van der Waals surface area (Å²) < 4.78 is 7.07. The molecular weight excluding hydrogens is 344 g/mol. The van der Waals surface area contributed by atoms with Crippen molar-refractivity contribution in [2.75, 3.05) is 20.2 Å². The summed E-state index contributed by atoms with van der Waals surface area (Å²) in [7, 11) is 1.69. The van der Waals surface area contributed by atoms with E-state index in [0.29, 0.717) is 19.5 Å². The van der Waals surface area contributed by atoms with Gasteiger partial charge in [0.05, 0.1) is 17.7 Å². The number of piperidine rings is 1. The summed E-state index contributed by atoms with van der Waals surface area (Å²) in [6.07, 6.45) is 1.89. The first-order chi connectivity index (χ1) is 13.0. The topological polar surface area (TPSA) is 71.8 Å². The normalized spacial score (nSPS) is 24.2. The number of ether oxygens (including phenoxy) is 1. The van der Waals surface area contributed by atoms with E-state index in [-0.39, 0.29) is 35.6 Å². The van der Waals surface area contributed by atoms with Gasteiger partial charge in [-0.1, -0.05) is 18.2 Å². The Labute approximate surface area is 158 Å². The fraction of sp³-hybridized carbons (Fsp3) is 0.524. The van der Waals surface area contributed by atoms with Crippen LogP contribution in [0.5, 0.6) is 0 Å². The van der Waals surface area contributed by atoms with E-state index in [1.54, 1.807) is 17.7 Å². The molecule has 2 fully saturated rings. The van der Waals surface area contributed by atoms with Gasteiger partial charge >= 0.3 is 0 Å². The molecule has 1 saturated carbocycles. The van der Waals surface area contributed by atoms with Crippen LogP contribution in [0.25, 0.3) is 10.9 Å². The van der Waals surface area contributed by atoms with Crippen LogP contribution in [0.15, 0.2) is 35.1 Å². The first-order valence-corrected chi connectivity index (χ1v) is 9.54. The van der Waals surface area contributed by atoms with E-state index in [9.17, 15) is 14.7 Å². The predicted molar refractivity (Wildman–Crippen MR) is 103 cm³/mol. The van der Waals surface area contributed by atoms with Crippen LogP contribution in [-0.2, 0) is 16.1 Å². The minimum atomic E-state index is -0.344. The average Bonchev–Trinajstić information content (AvgIpc) is 2.69. The van der Waals surface area contributed by atoms with Crippen LogP contribution >= 0.6 is 0 Å². The van der Waals surface area contributed by atoms with Gasteiger partial charge in [0, 0.05) is 43.5 Å². The molecule has 144 valence electrons. The maximum absolute atomic E-state index is 12.9. The zero-order valence-corrected chi connectivity index (χ0v) is 15.9. The van der Waals surface area contributed by atoms with Crippen LogP contribution in [0.3, 0.4) is 0 Å². The van der Waals surface area contributed by atoms with E-state index in [2.05, 4.69) is 0 Å². The number of hydrogen-bond acceptors (Lipinski definition) is 4. The molecule has 1 saturated heterocycles. The molecule has 0 radical (unpaired) electrons. The lowest BCUT2D eigenvalue weighted by Crippen LogP contribution is -2.62. The Morgan fingerprint density at radius 1 is 1.30 bits per heavy atom. The lowest BCUT2D eigenvalue weighted by Gasteiger charge is -2.56. The number of carbonyl (C=O) groups is 1. The van der Waals surface area contributed by atoms with Crippen LogP contribution in [0.1, 0.15) is 24.8 Å². The molecule has 1 aliphatic heterocycles. The molecule has 4 rings (SSSR count). The van der Waals surface area contributed by atoms with Crippen molar-refractivity contribution in [3.63, 3.8) is 0 Å². The second-order valence-corrected chi connectivity index (χ2v) is 7.86. The fourth-order valence-corrected chi connectivity index (χ4v) is 4.79. The number of amides is 1. The molecule has 1 aromatic heterocycles. The van der Waals surface area contributed by atoms with E-state index in [4.69, 9.17) is 4.74 Å². The van der Waals surface area contributed by atoms with Crippen LogP contribution in [0.2, 0.25) is 0 Å². The van der Waals surface area contributed by atoms with Gasteiger partial charge in [-0.15, -0.1) is 0 Å². The minimum absolute atomic E-state index is 0.0445. The minimum Gasteiger partial charge on any atom is -0.392 e. The van der Waals surface area contributed by atoms with E-state index < -0.39 is 0 Å². The third-order valence-electron chi connectivity index (χ3n) is 6.59. The van der Waals surface area contributed by atoms with Gasteiger partial charge < -0.3 is 14.7 Å². The second kappa shape index (κ2) is 6.77. The van der Waals surface area contributed by atoms with Gasteiger partial charge in [0.15, 0.2) is 0 Å². The van der Waals surface area contributed by atoms with Crippen molar-refractivity contribution in [1.29, 1.82) is 0 Å². The smallest absolute Gasteiger partial charge is 0.251 e. The molecular formula is C21H26N2O4. The van der Waals surface area contributed by atoms with Gasteiger partial charge in [-0.3, -0.25) is 14.2 Å². The van der Waals surface area contributed by atoms with E-state index >= 15 is 0 Å². The standard InChI is InChI=1S/C21H26N2O4/c1-14-11-19(25)23(16-6-4-3-5-15(14)16)13-20(26)22-9-7-21(8-10-22)17(24)12-18(21)27-2/h3-6,11,17-18,24H,7-10,12-13H2,1-2H3/t17-,18+/m1/s1. The van der Waals surface area contributed by atoms with Crippen molar-refractivity contribution < 1.29 is 14.6 Å². The summed E-state index contributed by atoms with van der Waals surface area (Å²) in [6, 6.07) is 9.27. The molecule has 0 bridgehead atoms. The molecule has 1 spiro atoms. The molecule has 6 heteroatoms. The summed E-state index contributed by atoms with van der Waals surface area (Å²) in [5.74, 6) is -0.0521. The number of likely N-dealkylation sites (tertiary alicyclic amines) is 1. The Hall–Kier alpha value is -2.18. The van der Waals surface area contributed by atoms with Crippen molar-refractivity contribution in [3.8, 4) is 0 Å². The first kappa shape index (κ1) is 18.2. The molecule has 2 aromatic rings. The molecule has 0 unspecified atom stereocenters. The predicted octanol–water partition coefficient (Wildman–Crippen LogP) is 1.70. The van der Waals surface area contributed by atoms with Crippen molar-refractivity contribution in [2.24, 2.45) is 5.41 Å². The van der Waals surface area contributed by atoms with Crippen molar-refractivity contribution in [1.82, 2.24) is 9.47 Å². The zero-order valence-electron chi connectivity index (χ0n) is 15.9. The lowest BCUT2D eigenvalue weighted by atomic mass is 9.58. The molecule has 1 aromatic carbocycles. The Morgan fingerprint density at radius 2 is 2.00 bits per heavy atom. The van der Waals surface area contributed by atoms with E-state index in [1.807, 2.05) is 36.1 Å². The number of carbonyl (C=O) groups excluding carboxylic acids is 1. The number of nitrogens with zero attached hydrogens (tertiary/aromatic N) is 2. The van der Waals surface area contributed by atoms with Gasteiger partial charge in [0.2, 0.25) is 5.91 Å². The van der Waals surface area contributed by atoms with Gasteiger partial charge in [0.25, 0.3) is 5.56 Å². The van der Waals surface area contributed by atoms with Crippen LogP contribution < -0.4 is 5.56 Å². The summed E-state index contributed by atoms with van der Waals surface area (Å²) in [6.45, 7) is 3.14. The fourth-order valence-electron chi connectivity index (χ4n) is 4.79. The Bertz CT molecular complexity index is 927. The third kappa shape index (κ3) is 2.87. The van der Waals surface area contributed by atoms with Gasteiger partial charge in [0.1, 0.15) is 6.54 Å². The number of aliphatic hydroxyl groups excluding tert-OH is 1. The Morgan fingerprint density at radius 3 is 2.67 bits per heavy atom. The highest BCUT2D eigenvalue weighted by molar-refractivity contribution is 5.84. The molecule has 2 aliphatic rings. The zero-order chi connectivity index (χ0) is 19.2. The van der Waals surface area contributed by atoms with Crippen molar-refractivity contribution in [3.05, 3.63) is 46.2 Å². The second-order valence-electron chi connectivity index (χ2n) is 7.86. The summed E-state index contributed by atoms with van der Waals surface area (Å²) in [5, 5.41) is 11.2. The maximum Gasteiger partial charge on any atom is 0.251 e. The van der Waals surface area contributed by atoms with Crippen LogP contribution in [0.4, 0.5) is 0 Å². The Kier molecular flexibility index (Phi) is 4.56. The van der Waals surface area contributed by atoms with Gasteiger partial charge in [-0.05, 0) is 31.4 Å². The SMILES string of the molecule is CO[C@H]1C[C@@H](O)C12CCN(C(=O)Cn1c(=O)cc(C)c3ccccc31)CC2. The number of para-hydroxylation sites is 1. The number of benzene rings is 1. The summed E-state index contributed by atoms with van der Waals surface area (Å²) in [4.78, 5) is 27.2. The van der Waals surface area contributed by atoms with E-state index in [1.165, 1.54) is 0 Å². The van der Waals surface area contributed by atoms with Crippen LogP contribution in [-0.4, -0.2) is 52.9 Å². The van der Waals surface area contributed by atoms with Gasteiger partial charge in [-0.2, -0.15) is 0 Å². The summed E-state index contributed by atoms with van der Waals surface area (Å²) in [5.41, 5.74) is 1.35. The van der Waals surface area contributed by atoms with Crippen LogP contribution in [0, 0.1) is 12.3 Å². The largest absolute Gasteiger partial charge is 0.392 e. The summed E-state index contributed by atoms with van der Waals surface area (Å²) >= 11 is 0. The monoisotopic (exact) mass is 370 g/mol. The number of methoxy groups -OCH3 is 1. The highest BCUT2D eigenvalue weighted by Gasteiger charge is 2.56. The number of rotatable bonds is 3. The molecule has 2 heterocycles. The number of aryl methyl sites for hydroxylation is 1. The lowest BCUT2D eigenvalue weighted by molar-refractivity contribution is -0.202. The third-order valence-corrected chi connectivity index (χ3v) is 6.59. The van der Waals surface area contributed by atoms with Crippen molar-refractivity contribution in [2.45, 2.75) is 44.9 Å². The first-order valence-electron chi connectivity index (χ1n) is 9.54. The van der Waals surface area contributed by atoms with Gasteiger partial charge in [-0.25, -0.2) is 0 Å². The molecule has 1 N–H and O–H groups in total. The number of aliphatic hydroxyl groups is 1. The molecule has 1 aliphatic carbocycles. The number of hydrogen-bond donors (Lipinski definition) is 1. The Balaban J connectivity index is 1.51. The highest BCUT2D eigenvalue weighted by Crippen LogP contribution is 2.50. The molecule has 27 heavy (non-hydrogen) atoms. The number of pyridine rings is 1. The molecule has 2 atom stereocenters. The molecule has 1 amide bonds. The van der Waals surface area contributed by atoms with E-state index in [0.717, 1.165) is 29.3 Å². The number of aromatic nitrogens is 1. The highest BCUT2D eigenvalue weighted by atomic mass is 16.5. The maximum atomic E-state index is 12.9. The van der Waals surface area contributed by atoms with Crippen molar-refractivity contribution >= 4 is 16.8 Å². The number of fused-ring (bicyclic) bond motifs is 1. The quantitative estimate of drug-likeness (QED) is 0.893. The average molecular weight is 370 g/mol.